The molecule has 1 saturated heterocycles. The van der Waals surface area contributed by atoms with Crippen LogP contribution in [0.1, 0.15) is 19.3 Å². The molecule has 0 spiro atoms. The number of nitrogens with zero attached hydrogens (tertiary/aromatic N) is 2. The predicted molar refractivity (Wildman–Crippen MR) is 64.4 cm³/mol. The monoisotopic (exact) mass is 253 g/mol. The third-order valence-corrected chi connectivity index (χ3v) is 4.89. The van der Waals surface area contributed by atoms with Gasteiger partial charge in [-0.15, -0.1) is 0 Å². The number of pyridine rings is 1. The first-order valence-corrected chi connectivity index (χ1v) is 7.38. The number of nitrogens with one attached hydrogen (secondary N) is 1. The van der Waals surface area contributed by atoms with E-state index in [2.05, 4.69) is 14.6 Å². The first-order valence-electron chi connectivity index (χ1n) is 5.90. The summed E-state index contributed by atoms with van der Waals surface area (Å²) in [4.78, 5) is 6.71. The summed E-state index contributed by atoms with van der Waals surface area (Å²) < 4.78 is 26.8. The van der Waals surface area contributed by atoms with E-state index in [1.807, 2.05) is 0 Å². The fourth-order valence-electron chi connectivity index (χ4n) is 2.58. The second-order valence-electron chi connectivity index (χ2n) is 4.52. The molecule has 2 aliphatic heterocycles. The van der Waals surface area contributed by atoms with Gasteiger partial charge in [0.05, 0.1) is 0 Å². The molecule has 0 bridgehead atoms. The van der Waals surface area contributed by atoms with Gasteiger partial charge in [0.15, 0.2) is 0 Å². The molecular formula is C11H15N3O2S. The smallest absolute Gasteiger partial charge is 0.244 e. The molecule has 1 aromatic heterocycles. The van der Waals surface area contributed by atoms with Gasteiger partial charge in [-0.2, -0.15) is 0 Å². The van der Waals surface area contributed by atoms with Crippen LogP contribution in [0.3, 0.4) is 0 Å². The predicted octanol–water partition coefficient (Wildman–Crippen LogP) is 0.732. The second-order valence-corrected chi connectivity index (χ2v) is 6.26. The standard InChI is InChI=1S/C11H15N3O2S/c15-17(16)10-5-3-6-12-11(10)14-7-2-1-4-9(14)8-13-17/h3,5-6,9,13H,1-2,4,7-8H2. The SMILES string of the molecule is O=S1(=O)NCC2CCCCN2c2ncccc21. The van der Waals surface area contributed by atoms with Gasteiger partial charge >= 0.3 is 0 Å². The Morgan fingerprint density at radius 2 is 2.29 bits per heavy atom. The van der Waals surface area contributed by atoms with Crippen LogP contribution in [-0.4, -0.2) is 32.5 Å². The van der Waals surface area contributed by atoms with Crippen molar-refractivity contribution < 1.29 is 8.42 Å². The molecular weight excluding hydrogens is 238 g/mol. The molecule has 17 heavy (non-hydrogen) atoms. The molecule has 1 fully saturated rings. The molecule has 1 unspecified atom stereocenters. The zero-order valence-electron chi connectivity index (χ0n) is 9.46. The van der Waals surface area contributed by atoms with Gasteiger partial charge < -0.3 is 4.90 Å². The summed E-state index contributed by atoms with van der Waals surface area (Å²) in [7, 11) is -3.39. The molecule has 2 aliphatic rings. The highest BCUT2D eigenvalue weighted by Crippen LogP contribution is 2.30. The summed E-state index contributed by atoms with van der Waals surface area (Å²) in [5.74, 6) is 0.613. The van der Waals surface area contributed by atoms with Gasteiger partial charge in [0, 0.05) is 25.3 Å². The fraction of sp³-hybridized carbons (Fsp3) is 0.545. The first-order chi connectivity index (χ1) is 8.18. The maximum atomic E-state index is 12.1. The van der Waals surface area contributed by atoms with Crippen LogP contribution in [0.2, 0.25) is 0 Å². The molecule has 1 atom stereocenters. The molecule has 6 heteroatoms. The minimum Gasteiger partial charge on any atom is -0.351 e. The van der Waals surface area contributed by atoms with E-state index in [1.54, 1.807) is 18.3 Å². The molecule has 0 radical (unpaired) electrons. The van der Waals surface area contributed by atoms with Crippen molar-refractivity contribution in [3.63, 3.8) is 0 Å². The van der Waals surface area contributed by atoms with Crippen LogP contribution in [-0.2, 0) is 10.0 Å². The number of anilines is 1. The molecule has 5 nitrogen and oxygen atoms in total. The van der Waals surface area contributed by atoms with Crippen molar-refractivity contribution >= 4 is 15.8 Å². The number of aromatic nitrogens is 1. The van der Waals surface area contributed by atoms with Gasteiger partial charge in [0.2, 0.25) is 10.0 Å². The molecule has 3 rings (SSSR count). The fourth-order valence-corrected chi connectivity index (χ4v) is 3.82. The van der Waals surface area contributed by atoms with Crippen molar-refractivity contribution in [1.29, 1.82) is 0 Å². The Balaban J connectivity index is 2.15. The van der Waals surface area contributed by atoms with E-state index < -0.39 is 10.0 Å². The molecule has 1 aromatic rings. The summed E-state index contributed by atoms with van der Waals surface area (Å²) in [6.45, 7) is 1.38. The third-order valence-electron chi connectivity index (χ3n) is 3.45. The van der Waals surface area contributed by atoms with E-state index >= 15 is 0 Å². The Bertz CT molecular complexity index is 529. The first kappa shape index (κ1) is 11.0. The highest BCUT2D eigenvalue weighted by atomic mass is 32.2. The minimum absolute atomic E-state index is 0.245. The lowest BCUT2D eigenvalue weighted by molar-refractivity contribution is 0.454. The van der Waals surface area contributed by atoms with Crippen LogP contribution in [0, 0.1) is 0 Å². The Kier molecular flexibility index (Phi) is 2.56. The number of sulfonamides is 1. The van der Waals surface area contributed by atoms with E-state index in [-0.39, 0.29) is 6.04 Å². The Morgan fingerprint density at radius 3 is 3.18 bits per heavy atom. The number of hydrogen-bond acceptors (Lipinski definition) is 4. The van der Waals surface area contributed by atoms with E-state index in [0.717, 1.165) is 25.8 Å². The van der Waals surface area contributed by atoms with E-state index in [1.165, 1.54) is 0 Å². The van der Waals surface area contributed by atoms with Gasteiger partial charge in [-0.3, -0.25) is 0 Å². The van der Waals surface area contributed by atoms with Gasteiger partial charge in [-0.1, -0.05) is 0 Å². The van der Waals surface area contributed by atoms with Crippen molar-refractivity contribution in [3.05, 3.63) is 18.3 Å². The Hall–Kier alpha value is -1.14. The average molecular weight is 253 g/mol. The van der Waals surface area contributed by atoms with Gasteiger partial charge in [0.25, 0.3) is 0 Å². The molecule has 0 aliphatic carbocycles. The lowest BCUT2D eigenvalue weighted by Gasteiger charge is -2.35. The zero-order valence-corrected chi connectivity index (χ0v) is 10.3. The molecule has 0 aromatic carbocycles. The maximum Gasteiger partial charge on any atom is 0.244 e. The normalized spacial score (nSPS) is 26.8. The molecule has 0 saturated carbocycles. The number of piperidine rings is 1. The van der Waals surface area contributed by atoms with Crippen molar-refractivity contribution in [2.45, 2.75) is 30.2 Å². The van der Waals surface area contributed by atoms with E-state index in [0.29, 0.717) is 17.3 Å². The molecule has 3 heterocycles. The Labute approximate surface area is 101 Å². The number of rotatable bonds is 0. The molecule has 1 N–H and O–H groups in total. The summed E-state index contributed by atoms with van der Waals surface area (Å²) in [5, 5.41) is 0. The Morgan fingerprint density at radius 1 is 1.41 bits per heavy atom. The summed E-state index contributed by atoms with van der Waals surface area (Å²) in [6.07, 6.45) is 4.95. The zero-order chi connectivity index (χ0) is 11.9. The van der Waals surface area contributed by atoms with Crippen molar-refractivity contribution in [1.82, 2.24) is 9.71 Å². The van der Waals surface area contributed by atoms with Crippen LogP contribution >= 0.6 is 0 Å². The van der Waals surface area contributed by atoms with Crippen molar-refractivity contribution in [2.24, 2.45) is 0 Å². The lowest BCUT2D eigenvalue weighted by atomic mass is 10.0. The van der Waals surface area contributed by atoms with Crippen LogP contribution in [0.15, 0.2) is 23.2 Å². The van der Waals surface area contributed by atoms with Crippen molar-refractivity contribution in [3.8, 4) is 0 Å². The summed E-state index contributed by atoms with van der Waals surface area (Å²) in [5.41, 5.74) is 0. The largest absolute Gasteiger partial charge is 0.351 e. The highest BCUT2D eigenvalue weighted by molar-refractivity contribution is 7.89. The summed E-state index contributed by atoms with van der Waals surface area (Å²) >= 11 is 0. The maximum absolute atomic E-state index is 12.1. The van der Waals surface area contributed by atoms with Crippen molar-refractivity contribution in [2.75, 3.05) is 18.0 Å². The minimum atomic E-state index is -3.39. The van der Waals surface area contributed by atoms with Gasteiger partial charge in [-0.25, -0.2) is 18.1 Å². The van der Waals surface area contributed by atoms with Crippen LogP contribution in [0.5, 0.6) is 0 Å². The topological polar surface area (TPSA) is 62.3 Å². The molecule has 0 amide bonds. The quantitative estimate of drug-likeness (QED) is 0.740. The number of fused-ring (bicyclic) bond motifs is 3. The summed E-state index contributed by atoms with van der Waals surface area (Å²) in [6, 6.07) is 3.54. The van der Waals surface area contributed by atoms with Gasteiger partial charge in [-0.05, 0) is 31.4 Å². The van der Waals surface area contributed by atoms with Crippen LogP contribution < -0.4 is 9.62 Å². The van der Waals surface area contributed by atoms with E-state index in [9.17, 15) is 8.42 Å². The second kappa shape index (κ2) is 3.96. The number of hydrogen-bond donors (Lipinski definition) is 1. The molecule has 92 valence electrons. The third kappa shape index (κ3) is 1.81. The average Bonchev–Trinajstić information content (AvgIpc) is 2.47. The van der Waals surface area contributed by atoms with Crippen LogP contribution in [0.25, 0.3) is 0 Å². The van der Waals surface area contributed by atoms with Crippen LogP contribution in [0.4, 0.5) is 5.82 Å². The van der Waals surface area contributed by atoms with E-state index in [4.69, 9.17) is 0 Å². The highest BCUT2D eigenvalue weighted by Gasteiger charge is 2.33. The van der Waals surface area contributed by atoms with Gasteiger partial charge in [0.1, 0.15) is 10.7 Å². The lowest BCUT2D eigenvalue weighted by Crippen LogP contribution is -2.44.